The molecule has 0 spiro atoms. The van der Waals surface area contributed by atoms with Crippen LogP contribution in [0.5, 0.6) is 0 Å². The number of fused-ring (bicyclic) bond motifs is 2. The zero-order valence-electron chi connectivity index (χ0n) is 20.5. The van der Waals surface area contributed by atoms with Gasteiger partial charge in [0.15, 0.2) is 0 Å². The minimum absolute atomic E-state index is 0.265. The summed E-state index contributed by atoms with van der Waals surface area (Å²) in [7, 11) is 4.10. The molecule has 5 aromatic rings. The van der Waals surface area contributed by atoms with Gasteiger partial charge in [-0.2, -0.15) is 5.10 Å². The quantitative estimate of drug-likeness (QED) is 0.208. The van der Waals surface area contributed by atoms with Gasteiger partial charge in [0.1, 0.15) is 11.5 Å². The molecule has 0 radical (unpaired) electrons. The van der Waals surface area contributed by atoms with E-state index >= 15 is 0 Å². The van der Waals surface area contributed by atoms with Crippen LogP contribution in [0.3, 0.4) is 0 Å². The minimum atomic E-state index is -0.265. The van der Waals surface area contributed by atoms with Crippen LogP contribution in [0.4, 0.5) is 4.39 Å². The maximum Gasteiger partial charge on any atom is 0.123 e. The van der Waals surface area contributed by atoms with Crippen molar-refractivity contribution in [3.63, 3.8) is 0 Å². The second-order valence-corrected chi connectivity index (χ2v) is 9.17. The van der Waals surface area contributed by atoms with Crippen molar-refractivity contribution in [2.75, 3.05) is 20.6 Å². The van der Waals surface area contributed by atoms with Crippen LogP contribution in [0.2, 0.25) is 0 Å². The van der Waals surface area contributed by atoms with E-state index in [-0.39, 0.29) is 5.82 Å². The molecule has 180 valence electrons. The number of aromatic amines is 2. The molecule has 7 heteroatoms. The van der Waals surface area contributed by atoms with Gasteiger partial charge in [0.05, 0.1) is 22.9 Å². The highest BCUT2D eigenvalue weighted by Gasteiger charge is 2.15. The molecule has 2 N–H and O–H groups in total. The molecule has 0 saturated heterocycles. The van der Waals surface area contributed by atoms with E-state index in [9.17, 15) is 4.39 Å². The number of allylic oxidation sites excluding steroid dienone is 2. The third-order valence-electron chi connectivity index (χ3n) is 6.05. The molecular weight excluding hydrogens is 451 g/mol. The Morgan fingerprint density at radius 3 is 2.61 bits per heavy atom. The summed E-state index contributed by atoms with van der Waals surface area (Å²) < 4.78 is 13.5. The first-order valence-electron chi connectivity index (χ1n) is 11.6. The number of nitrogens with one attached hydrogen (secondary N) is 2. The minimum Gasteiger partial charge on any atom is -0.352 e. The lowest BCUT2D eigenvalue weighted by Gasteiger charge is -2.11. The normalized spacial score (nSPS) is 12.7. The first-order chi connectivity index (χ1) is 17.4. The number of hydrogen-bond donors (Lipinski definition) is 2. The molecule has 3 aromatic heterocycles. The van der Waals surface area contributed by atoms with Gasteiger partial charge in [-0.3, -0.25) is 15.1 Å². The van der Waals surface area contributed by atoms with Crippen molar-refractivity contribution in [1.29, 1.82) is 0 Å². The molecule has 0 bridgehead atoms. The number of rotatable bonds is 7. The summed E-state index contributed by atoms with van der Waals surface area (Å²) in [6.07, 6.45) is 7.51. The third kappa shape index (κ3) is 4.61. The molecule has 0 aliphatic rings. The molecule has 0 amide bonds. The average molecular weight is 479 g/mol. The van der Waals surface area contributed by atoms with Crippen molar-refractivity contribution in [1.82, 2.24) is 25.1 Å². The lowest BCUT2D eigenvalue weighted by atomic mass is 10.0. The predicted molar refractivity (Wildman–Crippen MR) is 146 cm³/mol. The Kier molecular flexibility index (Phi) is 6.31. The van der Waals surface area contributed by atoms with Crippen LogP contribution in [-0.4, -0.2) is 52.4 Å². The summed E-state index contributed by atoms with van der Waals surface area (Å²) in [5.74, 6) is -0.265. The van der Waals surface area contributed by atoms with Crippen LogP contribution in [0.15, 0.2) is 83.8 Å². The number of pyridine rings is 1. The Labute approximate surface area is 208 Å². The van der Waals surface area contributed by atoms with Crippen molar-refractivity contribution in [2.24, 2.45) is 4.99 Å². The number of likely N-dealkylation sites (N-methyl/N-ethyl adjacent to an activating group) is 1. The van der Waals surface area contributed by atoms with E-state index in [1.54, 1.807) is 30.7 Å². The van der Waals surface area contributed by atoms with Crippen molar-refractivity contribution < 1.29 is 4.39 Å². The molecule has 0 fully saturated rings. The topological polar surface area (TPSA) is 73.0 Å². The second kappa shape index (κ2) is 9.71. The maximum absolute atomic E-state index is 13.5. The number of nitrogens with zero attached hydrogens (tertiary/aromatic N) is 4. The van der Waals surface area contributed by atoms with Gasteiger partial charge < -0.3 is 9.88 Å². The molecule has 0 aliphatic carbocycles. The monoisotopic (exact) mass is 478 g/mol. The standard InChI is InChI=1S/C29H27FN6/c1-18(17-36(3)4)11-21(14-31-2)20-7-10-26-24(12-20)29(35-34-26)27-13-23-25(15-32-16-28(23)33-27)19-5-8-22(30)9-6-19/h5-16,33H,2,17H2,1,3-4H3,(H,34,35)/b18-11+,21-14+. The smallest absolute Gasteiger partial charge is 0.123 e. The average Bonchev–Trinajstić information content (AvgIpc) is 3.47. The van der Waals surface area contributed by atoms with Crippen LogP contribution in [0.1, 0.15) is 12.5 Å². The molecular formula is C29H27FN6. The van der Waals surface area contributed by atoms with E-state index in [4.69, 9.17) is 0 Å². The van der Waals surface area contributed by atoms with E-state index in [0.717, 1.165) is 62.0 Å². The van der Waals surface area contributed by atoms with Gasteiger partial charge in [0.25, 0.3) is 0 Å². The molecule has 3 heterocycles. The predicted octanol–water partition coefficient (Wildman–Crippen LogP) is 6.46. The third-order valence-corrected chi connectivity index (χ3v) is 6.05. The molecule has 0 saturated carbocycles. The van der Waals surface area contributed by atoms with Gasteiger partial charge in [-0.05, 0) is 74.8 Å². The van der Waals surface area contributed by atoms with Gasteiger partial charge in [-0.1, -0.05) is 29.8 Å². The van der Waals surface area contributed by atoms with Crippen LogP contribution in [0.25, 0.3) is 49.9 Å². The SMILES string of the molecule is C=N/C=C(\C=C(/C)CN(C)C)c1ccc2[nH]nc(-c3cc4c(-c5ccc(F)cc5)cncc4[nH]3)c2c1. The Morgan fingerprint density at radius 1 is 1.06 bits per heavy atom. The highest BCUT2D eigenvalue weighted by molar-refractivity contribution is 6.01. The fourth-order valence-corrected chi connectivity index (χ4v) is 4.54. The van der Waals surface area contributed by atoms with Gasteiger partial charge in [0, 0.05) is 35.3 Å². The summed E-state index contributed by atoms with van der Waals surface area (Å²) in [6.45, 7) is 6.62. The highest BCUT2D eigenvalue weighted by Crippen LogP contribution is 2.34. The first kappa shape index (κ1) is 23.4. The number of hydrogen-bond acceptors (Lipinski definition) is 4. The molecule has 2 aromatic carbocycles. The lowest BCUT2D eigenvalue weighted by molar-refractivity contribution is 0.445. The van der Waals surface area contributed by atoms with Crippen LogP contribution >= 0.6 is 0 Å². The summed E-state index contributed by atoms with van der Waals surface area (Å²) >= 11 is 0. The molecule has 0 atom stereocenters. The number of aromatic nitrogens is 4. The van der Waals surface area contributed by atoms with E-state index in [1.165, 1.54) is 17.7 Å². The van der Waals surface area contributed by atoms with Crippen molar-refractivity contribution in [2.45, 2.75) is 6.92 Å². The summed E-state index contributed by atoms with van der Waals surface area (Å²) in [5, 5.41) is 9.75. The van der Waals surface area contributed by atoms with Gasteiger partial charge in [-0.25, -0.2) is 4.39 Å². The lowest BCUT2D eigenvalue weighted by Crippen LogP contribution is -2.13. The van der Waals surface area contributed by atoms with Crippen molar-refractivity contribution in [3.05, 3.63) is 90.2 Å². The fraction of sp³-hybridized carbons (Fsp3) is 0.138. The zero-order chi connectivity index (χ0) is 25.2. The number of halogens is 1. The highest BCUT2D eigenvalue weighted by atomic mass is 19.1. The Balaban J connectivity index is 1.59. The van der Waals surface area contributed by atoms with E-state index < -0.39 is 0 Å². The molecule has 0 unspecified atom stereocenters. The largest absolute Gasteiger partial charge is 0.352 e. The first-order valence-corrected chi connectivity index (χ1v) is 11.6. The summed E-state index contributed by atoms with van der Waals surface area (Å²) in [5.41, 5.74) is 8.57. The van der Waals surface area contributed by atoms with E-state index in [1.807, 2.05) is 20.2 Å². The Morgan fingerprint density at radius 2 is 1.86 bits per heavy atom. The summed E-state index contributed by atoms with van der Waals surface area (Å²) in [4.78, 5) is 14.0. The maximum atomic E-state index is 13.5. The molecule has 36 heavy (non-hydrogen) atoms. The zero-order valence-corrected chi connectivity index (χ0v) is 20.5. The fourth-order valence-electron chi connectivity index (χ4n) is 4.54. The van der Waals surface area contributed by atoms with E-state index in [2.05, 4.69) is 68.0 Å². The second-order valence-electron chi connectivity index (χ2n) is 9.17. The molecule has 5 rings (SSSR count). The number of benzene rings is 2. The van der Waals surface area contributed by atoms with Gasteiger partial charge >= 0.3 is 0 Å². The van der Waals surface area contributed by atoms with Crippen molar-refractivity contribution >= 4 is 34.1 Å². The van der Waals surface area contributed by atoms with Crippen LogP contribution in [0, 0.1) is 5.82 Å². The Bertz CT molecular complexity index is 1620. The Hall–Kier alpha value is -4.36. The number of aliphatic imine (C=N–C) groups is 1. The van der Waals surface area contributed by atoms with Crippen LogP contribution in [-0.2, 0) is 0 Å². The van der Waals surface area contributed by atoms with Gasteiger partial charge in [-0.15, -0.1) is 0 Å². The molecule has 0 aliphatic heterocycles. The van der Waals surface area contributed by atoms with Crippen LogP contribution < -0.4 is 0 Å². The van der Waals surface area contributed by atoms with Gasteiger partial charge in [0.2, 0.25) is 0 Å². The van der Waals surface area contributed by atoms with E-state index in [0.29, 0.717) is 0 Å². The summed E-state index contributed by atoms with van der Waals surface area (Å²) in [6, 6.07) is 14.7. The van der Waals surface area contributed by atoms with Crippen molar-refractivity contribution in [3.8, 4) is 22.5 Å². The number of H-pyrrole nitrogens is 2. The molecule has 6 nitrogen and oxygen atoms in total.